The van der Waals surface area contributed by atoms with Gasteiger partial charge in [0, 0.05) is 43.5 Å². The largest absolute Gasteiger partial charge is 0.369 e. The van der Waals surface area contributed by atoms with Crippen molar-refractivity contribution in [2.45, 2.75) is 18.9 Å². The second-order valence-corrected chi connectivity index (χ2v) is 5.41. The van der Waals surface area contributed by atoms with Crippen molar-refractivity contribution in [1.82, 2.24) is 4.90 Å². The molecule has 0 N–H and O–H groups in total. The molecule has 3 rings (SSSR count). The lowest BCUT2D eigenvalue weighted by Crippen LogP contribution is -2.49. The van der Waals surface area contributed by atoms with Crippen LogP contribution in [0.2, 0.25) is 0 Å². The van der Waals surface area contributed by atoms with Gasteiger partial charge in [0.2, 0.25) is 0 Å². The number of halogens is 1. The Morgan fingerprint density at radius 2 is 1.80 bits per heavy atom. The van der Waals surface area contributed by atoms with Gasteiger partial charge in [-0.15, -0.1) is 0 Å². The van der Waals surface area contributed by atoms with E-state index in [0.29, 0.717) is 6.04 Å². The van der Waals surface area contributed by atoms with Crippen LogP contribution in [0.25, 0.3) is 0 Å². The Hall–Kier alpha value is -1.86. The SMILES string of the molecule is N#CC1=CC(N2CCN(c3ccc(F)cc3)CC2)CC1. The van der Waals surface area contributed by atoms with Gasteiger partial charge < -0.3 is 4.90 Å². The van der Waals surface area contributed by atoms with E-state index in [1.54, 1.807) is 0 Å². The molecule has 104 valence electrons. The van der Waals surface area contributed by atoms with Crippen molar-refractivity contribution in [1.29, 1.82) is 5.26 Å². The van der Waals surface area contributed by atoms with Gasteiger partial charge in [-0.2, -0.15) is 5.26 Å². The molecule has 1 atom stereocenters. The van der Waals surface area contributed by atoms with Crippen molar-refractivity contribution in [2.75, 3.05) is 31.1 Å². The van der Waals surface area contributed by atoms with E-state index in [0.717, 1.165) is 50.3 Å². The maximum Gasteiger partial charge on any atom is 0.123 e. The minimum absolute atomic E-state index is 0.187. The van der Waals surface area contributed by atoms with Crippen molar-refractivity contribution in [3.05, 3.63) is 41.7 Å². The van der Waals surface area contributed by atoms with Gasteiger partial charge in [-0.05, 0) is 37.1 Å². The van der Waals surface area contributed by atoms with Crippen LogP contribution in [0.4, 0.5) is 10.1 Å². The summed E-state index contributed by atoms with van der Waals surface area (Å²) in [5.41, 5.74) is 2.02. The fraction of sp³-hybridized carbons (Fsp3) is 0.438. The summed E-state index contributed by atoms with van der Waals surface area (Å²) in [7, 11) is 0. The average Bonchev–Trinajstić information content (AvgIpc) is 2.97. The molecular weight excluding hydrogens is 253 g/mol. The topological polar surface area (TPSA) is 30.3 Å². The van der Waals surface area contributed by atoms with Crippen molar-refractivity contribution < 1.29 is 4.39 Å². The first kappa shape index (κ1) is 13.1. The molecule has 2 aliphatic rings. The van der Waals surface area contributed by atoms with E-state index in [2.05, 4.69) is 21.9 Å². The second-order valence-electron chi connectivity index (χ2n) is 5.41. The van der Waals surface area contributed by atoms with E-state index >= 15 is 0 Å². The Bertz CT molecular complexity index is 536. The predicted molar refractivity (Wildman–Crippen MR) is 76.9 cm³/mol. The number of rotatable bonds is 2. The molecule has 1 unspecified atom stereocenters. The second kappa shape index (κ2) is 5.64. The van der Waals surface area contributed by atoms with Crippen LogP contribution in [0.15, 0.2) is 35.9 Å². The zero-order valence-electron chi connectivity index (χ0n) is 11.4. The van der Waals surface area contributed by atoms with Crippen LogP contribution in [0.5, 0.6) is 0 Å². The Labute approximate surface area is 118 Å². The smallest absolute Gasteiger partial charge is 0.123 e. The zero-order valence-corrected chi connectivity index (χ0v) is 11.4. The molecule has 1 aliphatic carbocycles. The fourth-order valence-electron chi connectivity index (χ4n) is 3.05. The van der Waals surface area contributed by atoms with Crippen molar-refractivity contribution in [3.8, 4) is 6.07 Å². The molecule has 0 amide bonds. The van der Waals surface area contributed by atoms with Gasteiger partial charge in [0.05, 0.1) is 6.07 Å². The predicted octanol–water partition coefficient (Wildman–Crippen LogP) is 2.56. The molecule has 20 heavy (non-hydrogen) atoms. The lowest BCUT2D eigenvalue weighted by Gasteiger charge is -2.38. The van der Waals surface area contributed by atoms with Gasteiger partial charge in [0.1, 0.15) is 5.82 Å². The highest BCUT2D eigenvalue weighted by Crippen LogP contribution is 2.24. The van der Waals surface area contributed by atoms with E-state index in [4.69, 9.17) is 5.26 Å². The highest BCUT2D eigenvalue weighted by Gasteiger charge is 2.26. The van der Waals surface area contributed by atoms with Crippen LogP contribution in [0.3, 0.4) is 0 Å². The summed E-state index contributed by atoms with van der Waals surface area (Å²) in [4.78, 5) is 4.74. The highest BCUT2D eigenvalue weighted by atomic mass is 19.1. The fourth-order valence-corrected chi connectivity index (χ4v) is 3.05. The van der Waals surface area contributed by atoms with Crippen LogP contribution in [0.1, 0.15) is 12.8 Å². The zero-order chi connectivity index (χ0) is 13.9. The van der Waals surface area contributed by atoms with E-state index in [1.807, 2.05) is 12.1 Å². The molecule has 1 saturated heterocycles. The third-order valence-electron chi connectivity index (χ3n) is 4.22. The summed E-state index contributed by atoms with van der Waals surface area (Å²) in [6, 6.07) is 9.40. The van der Waals surface area contributed by atoms with Gasteiger partial charge in [-0.3, -0.25) is 4.90 Å². The molecule has 0 bridgehead atoms. The molecule has 3 nitrogen and oxygen atoms in total. The Morgan fingerprint density at radius 1 is 1.10 bits per heavy atom. The lowest BCUT2D eigenvalue weighted by molar-refractivity contribution is 0.214. The van der Waals surface area contributed by atoms with Crippen LogP contribution >= 0.6 is 0 Å². The average molecular weight is 271 g/mol. The monoisotopic (exact) mass is 271 g/mol. The van der Waals surface area contributed by atoms with Gasteiger partial charge in [-0.1, -0.05) is 6.08 Å². The molecule has 1 aliphatic heterocycles. The Balaban J connectivity index is 1.59. The van der Waals surface area contributed by atoms with E-state index < -0.39 is 0 Å². The third-order valence-corrected chi connectivity index (χ3v) is 4.22. The highest BCUT2D eigenvalue weighted by molar-refractivity contribution is 5.46. The van der Waals surface area contributed by atoms with E-state index in [9.17, 15) is 4.39 Å². The van der Waals surface area contributed by atoms with Gasteiger partial charge >= 0.3 is 0 Å². The van der Waals surface area contributed by atoms with Crippen molar-refractivity contribution >= 4 is 5.69 Å². The first-order valence-corrected chi connectivity index (χ1v) is 7.11. The van der Waals surface area contributed by atoms with Gasteiger partial charge in [-0.25, -0.2) is 4.39 Å². The molecular formula is C16H18FN3. The normalized spacial score (nSPS) is 23.5. The molecule has 4 heteroatoms. The first-order chi connectivity index (χ1) is 9.76. The summed E-state index contributed by atoms with van der Waals surface area (Å²) in [5.74, 6) is -0.187. The maximum absolute atomic E-state index is 12.9. The minimum Gasteiger partial charge on any atom is -0.369 e. The van der Waals surface area contributed by atoms with Crippen LogP contribution in [0, 0.1) is 17.1 Å². The van der Waals surface area contributed by atoms with Crippen LogP contribution in [-0.2, 0) is 0 Å². The summed E-state index contributed by atoms with van der Waals surface area (Å²) in [5, 5.41) is 8.92. The van der Waals surface area contributed by atoms with Gasteiger partial charge in [0.25, 0.3) is 0 Å². The summed E-state index contributed by atoms with van der Waals surface area (Å²) in [6.45, 7) is 3.91. The summed E-state index contributed by atoms with van der Waals surface area (Å²) >= 11 is 0. The molecule has 0 saturated carbocycles. The lowest BCUT2D eigenvalue weighted by atomic mass is 10.1. The van der Waals surface area contributed by atoms with E-state index in [-0.39, 0.29) is 5.82 Å². The van der Waals surface area contributed by atoms with Gasteiger partial charge in [0.15, 0.2) is 0 Å². The molecule has 1 aromatic rings. The number of benzene rings is 1. The number of nitrogens with zero attached hydrogens (tertiary/aromatic N) is 3. The quantitative estimate of drug-likeness (QED) is 0.828. The molecule has 1 fully saturated rings. The Morgan fingerprint density at radius 3 is 2.40 bits per heavy atom. The number of allylic oxidation sites excluding steroid dienone is 1. The molecule has 0 aromatic heterocycles. The van der Waals surface area contributed by atoms with Crippen molar-refractivity contribution in [2.24, 2.45) is 0 Å². The number of piperazine rings is 1. The summed E-state index contributed by atoms with van der Waals surface area (Å²) in [6.07, 6.45) is 4.10. The van der Waals surface area contributed by atoms with Crippen LogP contribution in [-0.4, -0.2) is 37.1 Å². The molecule has 1 aromatic carbocycles. The number of anilines is 1. The van der Waals surface area contributed by atoms with Crippen molar-refractivity contribution in [3.63, 3.8) is 0 Å². The summed E-state index contributed by atoms with van der Waals surface area (Å²) < 4.78 is 12.9. The molecule has 1 heterocycles. The van der Waals surface area contributed by atoms with Crippen LogP contribution < -0.4 is 4.90 Å². The molecule has 0 radical (unpaired) electrons. The third kappa shape index (κ3) is 2.68. The molecule has 0 spiro atoms. The van der Waals surface area contributed by atoms with E-state index in [1.165, 1.54) is 12.1 Å². The first-order valence-electron chi connectivity index (χ1n) is 7.11. The minimum atomic E-state index is -0.187. The standard InChI is InChI=1S/C16H18FN3/c17-14-2-5-15(6-3-14)19-7-9-20(10-8-19)16-4-1-13(11-16)12-18/h2-3,5-6,11,16H,1,4,7-10H2. The number of hydrogen-bond acceptors (Lipinski definition) is 3. The maximum atomic E-state index is 12.9. The number of nitriles is 1. The Kier molecular flexibility index (Phi) is 3.70. The number of hydrogen-bond donors (Lipinski definition) is 0.